The van der Waals surface area contributed by atoms with E-state index in [0.717, 1.165) is 32.4 Å². The molecule has 4 nitrogen and oxygen atoms in total. The maximum Gasteiger partial charge on any atom is 0.238 e. The van der Waals surface area contributed by atoms with E-state index in [1.165, 1.54) is 18.2 Å². The van der Waals surface area contributed by atoms with Gasteiger partial charge >= 0.3 is 0 Å². The van der Waals surface area contributed by atoms with Crippen LogP contribution in [0.4, 0.5) is 10.1 Å². The Bertz CT molecular complexity index is 494. The van der Waals surface area contributed by atoms with Crippen LogP contribution in [-0.2, 0) is 4.79 Å². The number of anilines is 1. The zero-order chi connectivity index (χ0) is 15.2. The van der Waals surface area contributed by atoms with Crippen LogP contribution in [0.2, 0.25) is 5.02 Å². The second kappa shape index (κ2) is 9.30. The van der Waals surface area contributed by atoms with Crippen LogP contribution in [0.1, 0.15) is 19.3 Å². The fourth-order valence-corrected chi connectivity index (χ4v) is 2.75. The maximum atomic E-state index is 13.1. The second-order valence-corrected chi connectivity index (χ2v) is 5.83. The molecule has 22 heavy (non-hydrogen) atoms. The number of carbonyl (C=O) groups is 1. The lowest BCUT2D eigenvalue weighted by Crippen LogP contribution is -2.38. The quantitative estimate of drug-likeness (QED) is 0.878. The van der Waals surface area contributed by atoms with Crippen LogP contribution in [0, 0.1) is 5.82 Å². The number of hydrogen-bond donors (Lipinski definition) is 2. The number of rotatable bonds is 4. The molecule has 7 heteroatoms. The van der Waals surface area contributed by atoms with Gasteiger partial charge in [-0.15, -0.1) is 12.4 Å². The lowest BCUT2D eigenvalue weighted by molar-refractivity contribution is -0.117. The van der Waals surface area contributed by atoms with Crippen molar-refractivity contribution in [2.45, 2.75) is 25.3 Å². The number of carbonyl (C=O) groups excluding carboxylic acids is 1. The topological polar surface area (TPSA) is 44.4 Å². The molecule has 0 radical (unpaired) electrons. The molecular formula is C15H22Cl2FN3O. The minimum Gasteiger partial charge on any atom is -0.325 e. The van der Waals surface area contributed by atoms with E-state index in [9.17, 15) is 9.18 Å². The van der Waals surface area contributed by atoms with E-state index >= 15 is 0 Å². The van der Waals surface area contributed by atoms with Crippen LogP contribution in [0.5, 0.6) is 0 Å². The molecule has 0 spiro atoms. The van der Waals surface area contributed by atoms with Crippen LogP contribution in [-0.4, -0.2) is 43.5 Å². The molecule has 124 valence electrons. The molecule has 0 aromatic heterocycles. The number of benzene rings is 1. The third-order valence-electron chi connectivity index (χ3n) is 3.76. The molecule has 1 fully saturated rings. The highest BCUT2D eigenvalue weighted by Crippen LogP contribution is 2.19. The van der Waals surface area contributed by atoms with Gasteiger partial charge in [0.15, 0.2) is 0 Å². The highest BCUT2D eigenvalue weighted by Gasteiger charge is 2.18. The fourth-order valence-electron chi connectivity index (χ4n) is 2.57. The van der Waals surface area contributed by atoms with Crippen molar-refractivity contribution in [3.05, 3.63) is 29.0 Å². The largest absolute Gasteiger partial charge is 0.325 e. The van der Waals surface area contributed by atoms with Crippen LogP contribution in [0.15, 0.2) is 18.2 Å². The van der Waals surface area contributed by atoms with E-state index < -0.39 is 5.82 Å². The Morgan fingerprint density at radius 3 is 2.95 bits per heavy atom. The van der Waals surface area contributed by atoms with Gasteiger partial charge in [-0.05, 0) is 57.6 Å². The van der Waals surface area contributed by atoms with Crippen molar-refractivity contribution in [1.82, 2.24) is 10.2 Å². The summed E-state index contributed by atoms with van der Waals surface area (Å²) in [6.07, 6.45) is 3.27. The summed E-state index contributed by atoms with van der Waals surface area (Å²) in [7, 11) is 1.97. The van der Waals surface area contributed by atoms with Gasteiger partial charge in [-0.25, -0.2) is 4.39 Å². The van der Waals surface area contributed by atoms with Gasteiger partial charge in [0.1, 0.15) is 5.82 Å². The van der Waals surface area contributed by atoms with Crippen LogP contribution in [0.3, 0.4) is 0 Å². The predicted molar refractivity (Wildman–Crippen MR) is 90.4 cm³/mol. The first-order chi connectivity index (χ1) is 10.1. The molecule has 1 aliphatic heterocycles. The molecule has 0 saturated carbocycles. The van der Waals surface area contributed by atoms with Crippen molar-refractivity contribution in [2.24, 2.45) is 0 Å². The summed E-state index contributed by atoms with van der Waals surface area (Å²) >= 11 is 5.70. The van der Waals surface area contributed by atoms with Crippen molar-refractivity contribution in [3.63, 3.8) is 0 Å². The Balaban J connectivity index is 0.00000242. The van der Waals surface area contributed by atoms with Gasteiger partial charge in [0.05, 0.1) is 11.6 Å². The number of nitrogens with zero attached hydrogens (tertiary/aromatic N) is 1. The molecule has 2 rings (SSSR count). The monoisotopic (exact) mass is 349 g/mol. The fraction of sp³-hybridized carbons (Fsp3) is 0.533. The zero-order valence-corrected chi connectivity index (χ0v) is 14.1. The molecule has 1 unspecified atom stereocenters. The van der Waals surface area contributed by atoms with E-state index in [2.05, 4.69) is 15.5 Å². The summed E-state index contributed by atoms with van der Waals surface area (Å²) in [5, 5.41) is 6.12. The van der Waals surface area contributed by atoms with Gasteiger partial charge in [0.25, 0.3) is 0 Å². The Morgan fingerprint density at radius 2 is 2.23 bits per heavy atom. The summed E-state index contributed by atoms with van der Waals surface area (Å²) in [6, 6.07) is 4.60. The van der Waals surface area contributed by atoms with Crippen LogP contribution < -0.4 is 10.6 Å². The summed E-state index contributed by atoms with van der Waals surface area (Å²) in [6.45, 7) is 2.36. The van der Waals surface area contributed by atoms with Crippen molar-refractivity contribution in [1.29, 1.82) is 0 Å². The van der Waals surface area contributed by atoms with E-state index in [-0.39, 0.29) is 23.3 Å². The Kier molecular flexibility index (Phi) is 8.10. The van der Waals surface area contributed by atoms with Crippen molar-refractivity contribution >= 4 is 35.6 Å². The van der Waals surface area contributed by atoms with Gasteiger partial charge in [0, 0.05) is 11.7 Å². The molecule has 1 atom stereocenters. The highest BCUT2D eigenvalue weighted by molar-refractivity contribution is 6.31. The van der Waals surface area contributed by atoms with Crippen molar-refractivity contribution in [2.75, 3.05) is 32.0 Å². The molecule has 1 aromatic carbocycles. The number of amides is 1. The molecule has 1 aliphatic rings. The lowest BCUT2D eigenvalue weighted by Gasteiger charge is -2.26. The average molecular weight is 350 g/mol. The summed E-state index contributed by atoms with van der Waals surface area (Å²) < 4.78 is 13.1. The number of halogens is 3. The molecule has 2 N–H and O–H groups in total. The van der Waals surface area contributed by atoms with Crippen LogP contribution in [0.25, 0.3) is 0 Å². The van der Waals surface area contributed by atoms with Gasteiger partial charge < -0.3 is 10.6 Å². The number of nitrogens with one attached hydrogen (secondary N) is 2. The molecule has 1 heterocycles. The minimum atomic E-state index is -0.488. The Hall–Kier alpha value is -0.880. The molecular weight excluding hydrogens is 328 g/mol. The van der Waals surface area contributed by atoms with Gasteiger partial charge in [-0.3, -0.25) is 9.69 Å². The zero-order valence-electron chi connectivity index (χ0n) is 12.6. The first kappa shape index (κ1) is 19.2. The summed E-state index contributed by atoms with van der Waals surface area (Å²) in [5.74, 6) is -0.602. The molecule has 0 aliphatic carbocycles. The van der Waals surface area contributed by atoms with E-state index in [4.69, 9.17) is 11.6 Å². The Morgan fingerprint density at radius 1 is 1.45 bits per heavy atom. The maximum absolute atomic E-state index is 13.1. The molecule has 1 saturated heterocycles. The number of hydrogen-bond acceptors (Lipinski definition) is 3. The van der Waals surface area contributed by atoms with Crippen LogP contribution >= 0.6 is 24.0 Å². The first-order valence-corrected chi connectivity index (χ1v) is 7.60. The third-order valence-corrected chi connectivity index (χ3v) is 4.05. The molecule has 0 bridgehead atoms. The summed E-state index contributed by atoms with van der Waals surface area (Å²) in [4.78, 5) is 14.1. The predicted octanol–water partition coefficient (Wildman–Crippen LogP) is 2.91. The first-order valence-electron chi connectivity index (χ1n) is 7.22. The van der Waals surface area contributed by atoms with E-state index in [0.29, 0.717) is 18.3 Å². The molecule has 1 amide bonds. The van der Waals surface area contributed by atoms with Gasteiger partial charge in [-0.1, -0.05) is 11.6 Å². The normalized spacial score (nSPS) is 18.5. The summed E-state index contributed by atoms with van der Waals surface area (Å²) in [5.41, 5.74) is 0.516. The van der Waals surface area contributed by atoms with E-state index in [1.54, 1.807) is 0 Å². The number of likely N-dealkylation sites (N-methyl/N-ethyl adjacent to an activating group) is 1. The smallest absolute Gasteiger partial charge is 0.238 e. The second-order valence-electron chi connectivity index (χ2n) is 5.43. The van der Waals surface area contributed by atoms with Crippen molar-refractivity contribution in [3.8, 4) is 0 Å². The SMILES string of the molecule is CN(CC(=O)Nc1ccc(F)c(Cl)c1)C1CCCNCC1.Cl. The molecule has 1 aromatic rings. The van der Waals surface area contributed by atoms with Gasteiger partial charge in [-0.2, -0.15) is 0 Å². The van der Waals surface area contributed by atoms with E-state index in [1.807, 2.05) is 7.05 Å². The third kappa shape index (κ3) is 5.72. The minimum absolute atomic E-state index is 0. The Labute approximate surface area is 141 Å². The van der Waals surface area contributed by atoms with Gasteiger partial charge in [0.2, 0.25) is 5.91 Å². The highest BCUT2D eigenvalue weighted by atomic mass is 35.5. The lowest BCUT2D eigenvalue weighted by atomic mass is 10.1. The van der Waals surface area contributed by atoms with Crippen molar-refractivity contribution < 1.29 is 9.18 Å². The average Bonchev–Trinajstić information content (AvgIpc) is 2.72. The standard InChI is InChI=1S/C15H21ClFN3O.ClH/c1-20(12-3-2-7-18-8-6-12)10-15(21)19-11-4-5-14(17)13(16)9-11;/h4-5,9,12,18H,2-3,6-8,10H2,1H3,(H,19,21);1H.